The molecule has 0 saturated carbocycles. The van der Waals surface area contributed by atoms with Gasteiger partial charge in [-0.2, -0.15) is 8.78 Å². The molecule has 1 nitrogen and oxygen atoms in total. The highest BCUT2D eigenvalue weighted by atomic mass is 19.3. The molecule has 15 heavy (non-hydrogen) atoms. The summed E-state index contributed by atoms with van der Waals surface area (Å²) >= 11 is 0. The third kappa shape index (κ3) is 1.91. The van der Waals surface area contributed by atoms with Gasteiger partial charge in [-0.3, -0.25) is 0 Å². The van der Waals surface area contributed by atoms with Crippen LogP contribution in [-0.2, 0) is 0 Å². The summed E-state index contributed by atoms with van der Waals surface area (Å²) in [4.78, 5) is 0. The molecule has 0 unspecified atom stereocenters. The molecule has 2 aromatic rings. The minimum Gasteiger partial charge on any atom is -0.434 e. The second-order valence-corrected chi connectivity index (χ2v) is 3.31. The lowest BCUT2D eigenvalue weighted by molar-refractivity contribution is -0.0492. The van der Waals surface area contributed by atoms with Crippen molar-refractivity contribution in [3.8, 4) is 5.75 Å². The first-order valence-corrected chi connectivity index (χ1v) is 4.61. The van der Waals surface area contributed by atoms with Crippen LogP contribution in [0.1, 0.15) is 5.56 Å². The maximum absolute atomic E-state index is 12.2. The van der Waals surface area contributed by atoms with Gasteiger partial charge in [-0.25, -0.2) is 0 Å². The Bertz CT molecular complexity index is 480. The summed E-state index contributed by atoms with van der Waals surface area (Å²) < 4.78 is 28.9. The Hall–Kier alpha value is -1.64. The third-order valence-corrected chi connectivity index (χ3v) is 2.28. The molecule has 3 heteroatoms. The molecule has 0 aliphatic heterocycles. The molecular formula is C12H10F2O. The van der Waals surface area contributed by atoms with Crippen molar-refractivity contribution in [1.29, 1.82) is 0 Å². The predicted molar refractivity (Wildman–Crippen MR) is 55.3 cm³/mol. The van der Waals surface area contributed by atoms with Crippen molar-refractivity contribution >= 4 is 10.8 Å². The van der Waals surface area contributed by atoms with Crippen LogP contribution in [0, 0.1) is 6.92 Å². The molecule has 0 saturated heterocycles. The van der Waals surface area contributed by atoms with E-state index in [-0.39, 0.29) is 5.75 Å². The molecule has 0 amide bonds. The molecule has 0 fully saturated rings. The molecular weight excluding hydrogens is 198 g/mol. The Kier molecular flexibility index (Phi) is 2.54. The SMILES string of the molecule is Cc1ccc2ccccc2c1OC(F)F. The average molecular weight is 208 g/mol. The van der Waals surface area contributed by atoms with Gasteiger partial charge < -0.3 is 4.74 Å². The second-order valence-electron chi connectivity index (χ2n) is 3.31. The van der Waals surface area contributed by atoms with Gasteiger partial charge in [0.1, 0.15) is 5.75 Å². The lowest BCUT2D eigenvalue weighted by Crippen LogP contribution is -2.03. The number of ether oxygens (including phenoxy) is 1. The molecule has 0 heterocycles. The van der Waals surface area contributed by atoms with Crippen molar-refractivity contribution in [2.75, 3.05) is 0 Å². The van der Waals surface area contributed by atoms with E-state index in [2.05, 4.69) is 4.74 Å². The van der Waals surface area contributed by atoms with Crippen LogP contribution >= 0.6 is 0 Å². The van der Waals surface area contributed by atoms with Crippen molar-refractivity contribution in [2.24, 2.45) is 0 Å². The average Bonchev–Trinajstić information content (AvgIpc) is 2.22. The molecule has 0 spiro atoms. The largest absolute Gasteiger partial charge is 0.434 e. The zero-order valence-corrected chi connectivity index (χ0v) is 8.21. The minimum atomic E-state index is -2.78. The number of hydrogen-bond donors (Lipinski definition) is 0. The van der Waals surface area contributed by atoms with Crippen LogP contribution in [0.3, 0.4) is 0 Å². The van der Waals surface area contributed by atoms with Gasteiger partial charge in [-0.15, -0.1) is 0 Å². The highest BCUT2D eigenvalue weighted by Gasteiger charge is 2.10. The van der Waals surface area contributed by atoms with Gasteiger partial charge in [-0.05, 0) is 17.9 Å². The Morgan fingerprint density at radius 3 is 2.53 bits per heavy atom. The smallest absolute Gasteiger partial charge is 0.387 e. The summed E-state index contributed by atoms with van der Waals surface area (Å²) in [5.74, 6) is 0.267. The zero-order chi connectivity index (χ0) is 10.8. The lowest BCUT2D eigenvalue weighted by Gasteiger charge is -2.10. The van der Waals surface area contributed by atoms with Crippen molar-refractivity contribution < 1.29 is 13.5 Å². The number of rotatable bonds is 2. The van der Waals surface area contributed by atoms with E-state index in [9.17, 15) is 8.78 Å². The van der Waals surface area contributed by atoms with E-state index in [4.69, 9.17) is 0 Å². The van der Waals surface area contributed by atoms with Crippen molar-refractivity contribution in [3.05, 3.63) is 42.0 Å². The van der Waals surface area contributed by atoms with Crippen LogP contribution in [0.4, 0.5) is 8.78 Å². The molecule has 0 aliphatic rings. The molecule has 0 N–H and O–H groups in total. The minimum absolute atomic E-state index is 0.267. The molecule has 0 radical (unpaired) electrons. The van der Waals surface area contributed by atoms with Crippen molar-refractivity contribution in [3.63, 3.8) is 0 Å². The van der Waals surface area contributed by atoms with Gasteiger partial charge in [0.25, 0.3) is 0 Å². The number of aryl methyl sites for hydroxylation is 1. The summed E-state index contributed by atoms with van der Waals surface area (Å²) in [5.41, 5.74) is 0.717. The van der Waals surface area contributed by atoms with E-state index < -0.39 is 6.61 Å². The number of hydrogen-bond acceptors (Lipinski definition) is 1. The summed E-state index contributed by atoms with van der Waals surface area (Å²) in [6, 6.07) is 11.0. The van der Waals surface area contributed by atoms with E-state index in [0.717, 1.165) is 10.8 Å². The van der Waals surface area contributed by atoms with Crippen LogP contribution in [-0.4, -0.2) is 6.61 Å². The Morgan fingerprint density at radius 2 is 1.80 bits per heavy atom. The van der Waals surface area contributed by atoms with Crippen LogP contribution < -0.4 is 4.74 Å². The summed E-state index contributed by atoms with van der Waals surface area (Å²) in [6.07, 6.45) is 0. The van der Waals surface area contributed by atoms with E-state index in [1.165, 1.54) is 0 Å². The molecule has 2 rings (SSSR count). The highest BCUT2D eigenvalue weighted by molar-refractivity contribution is 5.89. The van der Waals surface area contributed by atoms with Crippen LogP contribution in [0.2, 0.25) is 0 Å². The molecule has 0 bridgehead atoms. The fourth-order valence-electron chi connectivity index (χ4n) is 1.60. The molecule has 0 aromatic heterocycles. The van der Waals surface area contributed by atoms with Crippen molar-refractivity contribution in [2.45, 2.75) is 13.5 Å². The first-order valence-electron chi connectivity index (χ1n) is 4.61. The lowest BCUT2D eigenvalue weighted by atomic mass is 10.1. The van der Waals surface area contributed by atoms with Gasteiger partial charge in [0.05, 0.1) is 0 Å². The zero-order valence-electron chi connectivity index (χ0n) is 8.21. The maximum atomic E-state index is 12.2. The topological polar surface area (TPSA) is 9.23 Å². The number of fused-ring (bicyclic) bond motifs is 1. The fourth-order valence-corrected chi connectivity index (χ4v) is 1.60. The molecule has 0 aliphatic carbocycles. The normalized spacial score (nSPS) is 10.9. The highest BCUT2D eigenvalue weighted by Crippen LogP contribution is 2.30. The van der Waals surface area contributed by atoms with E-state index in [1.54, 1.807) is 25.1 Å². The van der Waals surface area contributed by atoms with E-state index in [0.29, 0.717) is 5.56 Å². The number of benzene rings is 2. The van der Waals surface area contributed by atoms with Gasteiger partial charge in [0, 0.05) is 5.39 Å². The quantitative estimate of drug-likeness (QED) is 0.730. The molecule has 78 valence electrons. The molecule has 2 aromatic carbocycles. The number of halogens is 2. The molecule has 0 atom stereocenters. The Balaban J connectivity index is 2.63. The Morgan fingerprint density at radius 1 is 1.07 bits per heavy atom. The monoisotopic (exact) mass is 208 g/mol. The van der Waals surface area contributed by atoms with Crippen LogP contribution in [0.25, 0.3) is 10.8 Å². The first-order chi connectivity index (χ1) is 7.18. The third-order valence-electron chi connectivity index (χ3n) is 2.28. The Labute approximate surface area is 86.3 Å². The van der Waals surface area contributed by atoms with E-state index in [1.807, 2.05) is 18.2 Å². The van der Waals surface area contributed by atoms with Gasteiger partial charge in [-0.1, -0.05) is 36.4 Å². The standard InChI is InChI=1S/C12H10F2O/c1-8-6-7-9-4-2-3-5-10(9)11(8)15-12(13)14/h2-7,12H,1H3. The van der Waals surface area contributed by atoms with E-state index >= 15 is 0 Å². The predicted octanol–water partition coefficient (Wildman–Crippen LogP) is 3.75. The van der Waals surface area contributed by atoms with Crippen LogP contribution in [0.15, 0.2) is 36.4 Å². The first kappa shape index (κ1) is 9.90. The summed E-state index contributed by atoms with van der Waals surface area (Å²) in [7, 11) is 0. The van der Waals surface area contributed by atoms with Crippen LogP contribution in [0.5, 0.6) is 5.75 Å². The van der Waals surface area contributed by atoms with Gasteiger partial charge >= 0.3 is 6.61 Å². The fraction of sp³-hybridized carbons (Fsp3) is 0.167. The summed E-state index contributed by atoms with van der Waals surface area (Å²) in [5, 5.41) is 1.62. The number of alkyl halides is 2. The van der Waals surface area contributed by atoms with Gasteiger partial charge in [0.15, 0.2) is 0 Å². The summed E-state index contributed by atoms with van der Waals surface area (Å²) in [6.45, 7) is -1.03. The van der Waals surface area contributed by atoms with Crippen molar-refractivity contribution in [1.82, 2.24) is 0 Å². The van der Waals surface area contributed by atoms with Gasteiger partial charge in [0.2, 0.25) is 0 Å². The second kappa shape index (κ2) is 3.85. The maximum Gasteiger partial charge on any atom is 0.387 e.